The highest BCUT2D eigenvalue weighted by atomic mass is 16.5. The molecule has 106 valence electrons. The zero-order valence-electron chi connectivity index (χ0n) is 11.3. The third-order valence-corrected chi connectivity index (χ3v) is 2.55. The molecule has 0 aliphatic heterocycles. The van der Waals surface area contributed by atoms with Crippen LogP contribution >= 0.6 is 0 Å². The molecular weight excluding hydrogens is 258 g/mol. The van der Waals surface area contributed by atoms with E-state index in [-0.39, 0.29) is 12.5 Å². The van der Waals surface area contributed by atoms with Gasteiger partial charge in [-0.25, -0.2) is 0 Å². The molecule has 0 saturated heterocycles. The van der Waals surface area contributed by atoms with Crippen LogP contribution in [0.25, 0.3) is 0 Å². The number of benzene rings is 1. The van der Waals surface area contributed by atoms with E-state index in [9.17, 15) is 4.79 Å². The van der Waals surface area contributed by atoms with Crippen LogP contribution in [0.5, 0.6) is 11.5 Å². The summed E-state index contributed by atoms with van der Waals surface area (Å²) >= 11 is 0. The Morgan fingerprint density at radius 2 is 1.95 bits per heavy atom. The molecule has 1 amide bonds. The molecular formula is C14H17N3O3. The van der Waals surface area contributed by atoms with Crippen LogP contribution in [0.3, 0.4) is 0 Å². The number of ether oxygens (including phenoxy) is 2. The molecule has 0 saturated carbocycles. The van der Waals surface area contributed by atoms with Gasteiger partial charge in [-0.1, -0.05) is 0 Å². The number of rotatable bonds is 7. The van der Waals surface area contributed by atoms with Crippen molar-refractivity contribution < 1.29 is 14.3 Å². The molecule has 2 rings (SSSR count). The van der Waals surface area contributed by atoms with Gasteiger partial charge in [0.15, 0.2) is 6.61 Å². The predicted octanol–water partition coefficient (Wildman–Crippen LogP) is 1.50. The lowest BCUT2D eigenvalue weighted by Gasteiger charge is -2.08. The molecule has 0 unspecified atom stereocenters. The monoisotopic (exact) mass is 275 g/mol. The van der Waals surface area contributed by atoms with Gasteiger partial charge in [-0.3, -0.25) is 9.89 Å². The minimum atomic E-state index is -0.180. The number of H-pyrrole nitrogens is 1. The van der Waals surface area contributed by atoms with Crippen molar-refractivity contribution in [2.75, 3.05) is 13.2 Å². The van der Waals surface area contributed by atoms with Crippen LogP contribution in [0.4, 0.5) is 0 Å². The summed E-state index contributed by atoms with van der Waals surface area (Å²) in [6.07, 6.45) is 3.39. The Morgan fingerprint density at radius 3 is 2.55 bits per heavy atom. The fraction of sp³-hybridized carbons (Fsp3) is 0.286. The molecule has 6 nitrogen and oxygen atoms in total. The van der Waals surface area contributed by atoms with E-state index in [0.717, 1.165) is 11.3 Å². The lowest BCUT2D eigenvalue weighted by molar-refractivity contribution is -0.123. The van der Waals surface area contributed by atoms with Crippen molar-refractivity contribution in [1.82, 2.24) is 15.5 Å². The summed E-state index contributed by atoms with van der Waals surface area (Å²) in [6, 6.07) is 7.16. The number of carbonyl (C=O) groups is 1. The normalized spacial score (nSPS) is 10.1. The second-order valence-electron chi connectivity index (χ2n) is 4.08. The van der Waals surface area contributed by atoms with Crippen molar-refractivity contribution in [2.45, 2.75) is 13.5 Å². The first-order chi connectivity index (χ1) is 9.78. The average Bonchev–Trinajstić information content (AvgIpc) is 2.98. The predicted molar refractivity (Wildman–Crippen MR) is 73.5 cm³/mol. The average molecular weight is 275 g/mol. The van der Waals surface area contributed by atoms with Gasteiger partial charge in [0, 0.05) is 18.3 Å². The van der Waals surface area contributed by atoms with Gasteiger partial charge in [0.2, 0.25) is 0 Å². The van der Waals surface area contributed by atoms with Crippen molar-refractivity contribution in [1.29, 1.82) is 0 Å². The molecule has 0 fully saturated rings. The number of hydrogen-bond acceptors (Lipinski definition) is 4. The number of hydrogen-bond donors (Lipinski definition) is 2. The van der Waals surface area contributed by atoms with Crippen molar-refractivity contribution in [3.05, 3.63) is 42.2 Å². The third-order valence-electron chi connectivity index (χ3n) is 2.55. The topological polar surface area (TPSA) is 76.2 Å². The number of nitrogens with one attached hydrogen (secondary N) is 2. The highest BCUT2D eigenvalue weighted by Gasteiger charge is 2.03. The largest absolute Gasteiger partial charge is 0.494 e. The smallest absolute Gasteiger partial charge is 0.258 e. The summed E-state index contributed by atoms with van der Waals surface area (Å²) in [5.41, 5.74) is 0.916. The molecule has 2 aromatic rings. The Labute approximate surface area is 117 Å². The fourth-order valence-electron chi connectivity index (χ4n) is 1.57. The zero-order valence-corrected chi connectivity index (χ0v) is 11.3. The second kappa shape index (κ2) is 7.18. The number of aromatic amines is 1. The van der Waals surface area contributed by atoms with Crippen molar-refractivity contribution >= 4 is 5.91 Å². The Hall–Kier alpha value is -2.50. The number of amides is 1. The highest BCUT2D eigenvalue weighted by Crippen LogP contribution is 2.17. The van der Waals surface area contributed by atoms with E-state index in [1.165, 1.54) is 0 Å². The number of aromatic nitrogens is 2. The molecule has 20 heavy (non-hydrogen) atoms. The first-order valence-corrected chi connectivity index (χ1v) is 6.38. The zero-order chi connectivity index (χ0) is 14.2. The summed E-state index contributed by atoms with van der Waals surface area (Å²) in [4.78, 5) is 11.6. The maximum atomic E-state index is 11.6. The molecule has 0 atom stereocenters. The van der Waals surface area contributed by atoms with Crippen molar-refractivity contribution in [3.63, 3.8) is 0 Å². The van der Waals surface area contributed by atoms with Crippen LogP contribution in [-0.4, -0.2) is 29.3 Å². The van der Waals surface area contributed by atoms with E-state index >= 15 is 0 Å². The first-order valence-electron chi connectivity index (χ1n) is 6.38. The molecule has 0 aliphatic carbocycles. The first kappa shape index (κ1) is 13.9. The highest BCUT2D eigenvalue weighted by molar-refractivity contribution is 5.77. The van der Waals surface area contributed by atoms with E-state index in [4.69, 9.17) is 9.47 Å². The Bertz CT molecular complexity index is 523. The van der Waals surface area contributed by atoms with Gasteiger partial charge in [0.25, 0.3) is 5.91 Å². The molecule has 1 aromatic carbocycles. The number of nitrogens with zero attached hydrogens (tertiary/aromatic N) is 1. The van der Waals surface area contributed by atoms with Gasteiger partial charge >= 0.3 is 0 Å². The molecule has 6 heteroatoms. The summed E-state index contributed by atoms with van der Waals surface area (Å²) in [5.74, 6) is 1.23. The van der Waals surface area contributed by atoms with E-state index in [2.05, 4.69) is 15.5 Å². The van der Waals surface area contributed by atoms with Gasteiger partial charge in [0.05, 0.1) is 12.8 Å². The Balaban J connectivity index is 1.72. The SMILES string of the molecule is CCOc1ccc(OCC(=O)NCc2cn[nH]c2)cc1. The van der Waals surface area contributed by atoms with E-state index < -0.39 is 0 Å². The van der Waals surface area contributed by atoms with Crippen LogP contribution in [0.1, 0.15) is 12.5 Å². The van der Waals surface area contributed by atoms with Crippen molar-refractivity contribution in [3.8, 4) is 11.5 Å². The lowest BCUT2D eigenvalue weighted by atomic mass is 10.3. The van der Waals surface area contributed by atoms with E-state index in [1.807, 2.05) is 19.1 Å². The van der Waals surface area contributed by atoms with Gasteiger partial charge in [-0.15, -0.1) is 0 Å². The summed E-state index contributed by atoms with van der Waals surface area (Å²) in [5, 5.41) is 9.22. The minimum Gasteiger partial charge on any atom is -0.494 e. The van der Waals surface area contributed by atoms with Crippen LogP contribution in [0.15, 0.2) is 36.7 Å². The molecule has 0 radical (unpaired) electrons. The van der Waals surface area contributed by atoms with Crippen LogP contribution in [0.2, 0.25) is 0 Å². The van der Waals surface area contributed by atoms with Crippen LogP contribution < -0.4 is 14.8 Å². The summed E-state index contributed by atoms with van der Waals surface area (Å²) < 4.78 is 10.7. The molecule has 0 aliphatic rings. The van der Waals surface area contributed by atoms with E-state index in [0.29, 0.717) is 18.9 Å². The fourth-order valence-corrected chi connectivity index (χ4v) is 1.57. The maximum absolute atomic E-state index is 11.6. The van der Waals surface area contributed by atoms with Crippen LogP contribution in [0, 0.1) is 0 Å². The lowest BCUT2D eigenvalue weighted by Crippen LogP contribution is -2.28. The minimum absolute atomic E-state index is 0.0220. The third kappa shape index (κ3) is 4.31. The van der Waals surface area contributed by atoms with Gasteiger partial charge < -0.3 is 14.8 Å². The summed E-state index contributed by atoms with van der Waals surface area (Å²) in [6.45, 7) is 2.96. The summed E-state index contributed by atoms with van der Waals surface area (Å²) in [7, 11) is 0. The Morgan fingerprint density at radius 1 is 1.25 bits per heavy atom. The van der Waals surface area contributed by atoms with E-state index in [1.54, 1.807) is 24.5 Å². The standard InChI is InChI=1S/C14H17N3O3/c1-2-19-12-3-5-13(6-4-12)20-10-14(18)15-7-11-8-16-17-9-11/h3-6,8-9H,2,7,10H2,1H3,(H,15,18)(H,16,17). The quantitative estimate of drug-likeness (QED) is 0.803. The molecule has 2 N–H and O–H groups in total. The molecule has 1 heterocycles. The molecule has 1 aromatic heterocycles. The Kier molecular flexibility index (Phi) is 5.00. The molecule has 0 bridgehead atoms. The second-order valence-corrected chi connectivity index (χ2v) is 4.08. The van der Waals surface area contributed by atoms with Crippen LogP contribution in [-0.2, 0) is 11.3 Å². The maximum Gasteiger partial charge on any atom is 0.258 e. The number of carbonyl (C=O) groups excluding carboxylic acids is 1. The van der Waals surface area contributed by atoms with Crippen molar-refractivity contribution in [2.24, 2.45) is 0 Å². The molecule has 0 spiro atoms. The van der Waals surface area contributed by atoms with Gasteiger partial charge in [0.1, 0.15) is 11.5 Å². The van der Waals surface area contributed by atoms with Gasteiger partial charge in [-0.2, -0.15) is 5.10 Å². The van der Waals surface area contributed by atoms with Gasteiger partial charge in [-0.05, 0) is 31.2 Å².